The van der Waals surface area contributed by atoms with Crippen LogP contribution < -0.4 is 0 Å². The fourth-order valence-electron chi connectivity index (χ4n) is 4.57. The molecule has 5 heteroatoms. The van der Waals surface area contributed by atoms with E-state index in [1.54, 1.807) is 16.7 Å². The summed E-state index contributed by atoms with van der Waals surface area (Å²) in [6, 6.07) is 0.0761. The van der Waals surface area contributed by atoms with Gasteiger partial charge in [0, 0.05) is 11.6 Å². The summed E-state index contributed by atoms with van der Waals surface area (Å²) < 4.78 is -0.380. The maximum atomic E-state index is 13.2. The van der Waals surface area contributed by atoms with Crippen molar-refractivity contribution in [2.45, 2.75) is 120 Å². The minimum Gasteiger partial charge on any atom is -0.275 e. The molecule has 2 aliphatic rings. The lowest BCUT2D eigenvalue weighted by Gasteiger charge is -2.29. The quantitative estimate of drug-likeness (QED) is 0.136. The molecule has 0 N–H and O–H groups in total. The molecule has 1 fully saturated rings. The van der Waals surface area contributed by atoms with Crippen molar-refractivity contribution in [3.8, 4) is 0 Å². The van der Waals surface area contributed by atoms with Gasteiger partial charge in [0.15, 0.2) is 0 Å². The van der Waals surface area contributed by atoms with Crippen LogP contribution >= 0.6 is 27.7 Å². The summed E-state index contributed by atoms with van der Waals surface area (Å²) in [7, 11) is 0. The number of hydrogen-bond donors (Lipinski definition) is 0. The van der Waals surface area contributed by atoms with E-state index in [1.807, 2.05) is 12.3 Å². The third-order valence-corrected chi connectivity index (χ3v) is 8.43. The molecule has 0 aromatic rings. The Balaban J connectivity index is 1.94. The van der Waals surface area contributed by atoms with Crippen LogP contribution in [0.4, 0.5) is 0 Å². The van der Waals surface area contributed by atoms with Gasteiger partial charge in [-0.1, -0.05) is 107 Å². The van der Waals surface area contributed by atoms with E-state index < -0.39 is 0 Å². The van der Waals surface area contributed by atoms with Crippen LogP contribution in [0.15, 0.2) is 11.0 Å². The van der Waals surface area contributed by atoms with Gasteiger partial charge < -0.3 is 0 Å². The van der Waals surface area contributed by atoms with Gasteiger partial charge in [0.25, 0.3) is 5.91 Å². The summed E-state index contributed by atoms with van der Waals surface area (Å²) >= 11 is 5.24. The Morgan fingerprint density at radius 3 is 1.90 bits per heavy atom. The monoisotopic (exact) mass is 485 g/mol. The van der Waals surface area contributed by atoms with Crippen LogP contribution in [-0.4, -0.2) is 26.4 Å². The second-order valence-electron chi connectivity index (χ2n) is 8.89. The molecule has 0 bridgehead atoms. The summed E-state index contributed by atoms with van der Waals surface area (Å²) in [4.78, 5) is 27.9. The molecular weight excluding hydrogens is 446 g/mol. The highest BCUT2D eigenvalue weighted by molar-refractivity contribution is 9.12. The fourth-order valence-corrected chi connectivity index (χ4v) is 6.25. The minimum atomic E-state index is -0.380. The number of fused-ring (bicyclic) bond motifs is 1. The fraction of sp³-hybridized carbons (Fsp3) is 0.833. The highest BCUT2D eigenvalue weighted by Gasteiger charge is 2.56. The number of amides is 2. The van der Waals surface area contributed by atoms with Gasteiger partial charge in [-0.25, -0.2) is 0 Å². The van der Waals surface area contributed by atoms with Crippen molar-refractivity contribution in [1.29, 1.82) is 0 Å². The molecule has 0 aliphatic carbocycles. The van der Waals surface area contributed by atoms with Crippen molar-refractivity contribution in [3.63, 3.8) is 0 Å². The van der Waals surface area contributed by atoms with E-state index in [4.69, 9.17) is 0 Å². The number of carbonyl (C=O) groups excluding carboxylic acids is 2. The maximum Gasteiger partial charge on any atom is 0.258 e. The summed E-state index contributed by atoms with van der Waals surface area (Å²) in [5, 5.41) is 1.91. The number of rotatable bonds is 15. The second kappa shape index (κ2) is 12.5. The predicted octanol–water partition coefficient (Wildman–Crippen LogP) is 7.58. The van der Waals surface area contributed by atoms with E-state index in [0.717, 1.165) is 25.7 Å². The van der Waals surface area contributed by atoms with E-state index in [9.17, 15) is 9.59 Å². The number of unbranched alkanes of at least 4 members (excludes halogenated alkanes) is 10. The first kappa shape index (κ1) is 25.0. The highest BCUT2D eigenvalue weighted by Crippen LogP contribution is 2.53. The van der Waals surface area contributed by atoms with Crippen molar-refractivity contribution >= 4 is 39.5 Å². The molecular formula is C24H40BrNO2S. The summed E-state index contributed by atoms with van der Waals surface area (Å²) in [5.41, 5.74) is 0.704. The Labute approximate surface area is 191 Å². The third-order valence-electron chi connectivity index (χ3n) is 6.34. The first-order valence-electron chi connectivity index (χ1n) is 11.9. The van der Waals surface area contributed by atoms with Crippen molar-refractivity contribution in [2.24, 2.45) is 5.92 Å². The van der Waals surface area contributed by atoms with E-state index in [2.05, 4.69) is 29.8 Å². The van der Waals surface area contributed by atoms with Gasteiger partial charge in [0.1, 0.15) is 0 Å². The molecule has 0 saturated carbocycles. The molecule has 0 radical (unpaired) electrons. The average Bonchev–Trinajstić information content (AvgIpc) is 3.14. The van der Waals surface area contributed by atoms with Gasteiger partial charge in [-0.2, -0.15) is 0 Å². The topological polar surface area (TPSA) is 37.4 Å². The maximum absolute atomic E-state index is 13.2. The van der Waals surface area contributed by atoms with E-state index in [1.165, 1.54) is 64.2 Å². The predicted molar refractivity (Wildman–Crippen MR) is 128 cm³/mol. The number of hydrogen-bond acceptors (Lipinski definition) is 3. The highest BCUT2D eigenvalue weighted by atomic mass is 79.9. The van der Waals surface area contributed by atoms with Crippen molar-refractivity contribution in [1.82, 2.24) is 4.90 Å². The third kappa shape index (κ3) is 6.85. The van der Waals surface area contributed by atoms with Crippen molar-refractivity contribution < 1.29 is 9.59 Å². The Kier molecular flexibility index (Phi) is 10.8. The van der Waals surface area contributed by atoms with Crippen LogP contribution in [0.3, 0.4) is 0 Å². The lowest BCUT2D eigenvalue weighted by Crippen LogP contribution is -2.42. The van der Waals surface area contributed by atoms with E-state index >= 15 is 0 Å². The molecule has 0 aromatic carbocycles. The molecule has 2 amide bonds. The molecule has 2 atom stereocenters. The van der Waals surface area contributed by atoms with Crippen molar-refractivity contribution in [2.75, 3.05) is 0 Å². The summed E-state index contributed by atoms with van der Waals surface area (Å²) in [6.07, 6.45) is 16.8. The Bertz CT molecular complexity index is 559. The number of likely N-dealkylation sites (tertiary alicyclic amines) is 1. The average molecular weight is 487 g/mol. The van der Waals surface area contributed by atoms with Crippen molar-refractivity contribution in [3.05, 3.63) is 11.0 Å². The zero-order valence-electron chi connectivity index (χ0n) is 18.7. The molecule has 29 heavy (non-hydrogen) atoms. The Morgan fingerprint density at radius 1 is 0.931 bits per heavy atom. The number of thioether (sulfide) groups is 1. The molecule has 3 nitrogen and oxygen atoms in total. The second-order valence-corrected chi connectivity index (χ2v) is 12.4. The molecule has 1 saturated heterocycles. The molecule has 2 rings (SSSR count). The number of halogens is 1. The lowest BCUT2D eigenvalue weighted by atomic mass is 9.98. The SMILES string of the molecule is CCCCCCCCC(CCCCCCCC)N1C(=O)C2=CSC(C)(Br)C2C1=O. The number of carbonyl (C=O) groups is 2. The Morgan fingerprint density at radius 2 is 1.41 bits per heavy atom. The minimum absolute atomic E-state index is 0.0209. The lowest BCUT2D eigenvalue weighted by molar-refractivity contribution is -0.142. The smallest absolute Gasteiger partial charge is 0.258 e. The van der Waals surface area contributed by atoms with Crippen LogP contribution in [-0.2, 0) is 9.59 Å². The standard InChI is InChI=1S/C24H40BrNO2S/c1-4-6-8-10-12-14-16-19(17-15-13-11-9-7-5-2)26-22(27)20-18-29-24(3,25)21(20)23(26)28/h18-19,21H,4-17H2,1-3H3. The summed E-state index contributed by atoms with van der Waals surface area (Å²) in [6.45, 7) is 6.49. The number of imide groups is 1. The van der Waals surface area contributed by atoms with Gasteiger partial charge in [-0.15, -0.1) is 11.8 Å². The molecule has 0 spiro atoms. The molecule has 2 unspecified atom stereocenters. The van der Waals surface area contributed by atoms with Gasteiger partial charge in [-0.05, 0) is 25.2 Å². The number of alkyl halides is 1. The zero-order chi connectivity index (χ0) is 21.3. The van der Waals surface area contributed by atoms with Crippen LogP contribution in [0.25, 0.3) is 0 Å². The van der Waals surface area contributed by atoms with Gasteiger partial charge in [0.2, 0.25) is 5.91 Å². The van der Waals surface area contributed by atoms with Gasteiger partial charge >= 0.3 is 0 Å². The first-order chi connectivity index (χ1) is 13.9. The van der Waals surface area contributed by atoms with E-state index in [0.29, 0.717) is 5.57 Å². The molecule has 0 aromatic heterocycles. The normalized spacial score (nSPS) is 24.0. The van der Waals surface area contributed by atoms with Gasteiger partial charge in [0.05, 0.1) is 9.57 Å². The summed E-state index contributed by atoms with van der Waals surface area (Å²) in [5.74, 6) is -0.332. The largest absolute Gasteiger partial charge is 0.275 e. The van der Waals surface area contributed by atoms with Crippen LogP contribution in [0.2, 0.25) is 0 Å². The molecule has 2 heterocycles. The first-order valence-corrected chi connectivity index (χ1v) is 13.6. The number of nitrogens with zero attached hydrogens (tertiary/aromatic N) is 1. The zero-order valence-corrected chi connectivity index (χ0v) is 21.1. The Hall–Kier alpha value is -0.290. The molecule has 2 aliphatic heterocycles. The van der Waals surface area contributed by atoms with Crippen LogP contribution in [0.5, 0.6) is 0 Å². The molecule has 166 valence electrons. The van der Waals surface area contributed by atoms with Crippen LogP contribution in [0, 0.1) is 5.92 Å². The van der Waals surface area contributed by atoms with Crippen LogP contribution in [0.1, 0.15) is 111 Å². The van der Waals surface area contributed by atoms with Gasteiger partial charge in [-0.3, -0.25) is 14.5 Å². The van der Waals surface area contributed by atoms with E-state index in [-0.39, 0.29) is 27.4 Å².